The van der Waals surface area contributed by atoms with Crippen LogP contribution >= 0.6 is 0 Å². The minimum atomic E-state index is -0.868. The van der Waals surface area contributed by atoms with Crippen molar-refractivity contribution in [2.24, 2.45) is 57.9 Å². The molecule has 318 valence electrons. The van der Waals surface area contributed by atoms with Gasteiger partial charge < -0.3 is 46.1 Å². The Kier molecular flexibility index (Phi) is 12.1. The molecule has 3 aromatic rings. The number of phenolic OH excluding ortho intramolecular Hbond substituents is 2. The van der Waals surface area contributed by atoms with Crippen LogP contribution in [0.15, 0.2) is 53.5 Å². The van der Waals surface area contributed by atoms with Crippen molar-refractivity contribution in [2.75, 3.05) is 20.3 Å². The average Bonchev–Trinajstić information content (AvgIpc) is 3.21. The van der Waals surface area contributed by atoms with Gasteiger partial charge >= 0.3 is 0 Å². The van der Waals surface area contributed by atoms with E-state index in [4.69, 9.17) is 25.7 Å². The first-order valence-electron chi connectivity index (χ1n) is 22.2. The van der Waals surface area contributed by atoms with E-state index in [9.17, 15) is 20.4 Å². The fraction of sp³-hybridized carbons (Fsp3) is 0.571. The van der Waals surface area contributed by atoms with E-state index in [2.05, 4.69) is 44.0 Å². The van der Waals surface area contributed by atoms with Crippen LogP contribution in [0, 0.1) is 41.4 Å². The van der Waals surface area contributed by atoms with Gasteiger partial charge in [-0.25, -0.2) is 0 Å². The first-order chi connectivity index (χ1) is 28.5. The Morgan fingerprint density at radius 3 is 2.54 bits per heavy atom. The maximum atomic E-state index is 12.1. The standard InChI is InChI=1S/C49H65N3O7/c1-5-27-18-30(11-9-28(27)15-16-53)36-19-33-21-40(55)34(17-26(2)3)20-37(33)46-44(57-4)24-42-38(45(36)46)23-41(56)48(58-42)31-13-14-39(54)43(22-31)59-47-29-7-6-8-35(47)32(12-10-29)25-52-49(50)51/h9,11,13-14,20-22,24,26-30,32,35-36,41,47-48,53-56H,5-8,10,12,15-19,23,25H2,1-4H3,(H4,50,51,52)/t27-,28+,29+,30-,32+,35-,36-,41-,47+,48+/m1/s1. The lowest BCUT2D eigenvalue weighted by Gasteiger charge is -2.46. The molecule has 2 saturated carbocycles. The van der Waals surface area contributed by atoms with Crippen LogP contribution in [0.3, 0.4) is 0 Å². The lowest BCUT2D eigenvalue weighted by molar-refractivity contribution is -0.0266. The van der Waals surface area contributed by atoms with Gasteiger partial charge in [0.1, 0.15) is 29.5 Å². The van der Waals surface area contributed by atoms with Crippen molar-refractivity contribution in [2.45, 2.75) is 116 Å². The molecule has 2 bridgehead atoms. The molecule has 10 nitrogen and oxygen atoms in total. The lowest BCUT2D eigenvalue weighted by Crippen LogP contribution is -2.46. The topological polar surface area (TPSA) is 173 Å². The highest BCUT2D eigenvalue weighted by Crippen LogP contribution is 2.56. The van der Waals surface area contributed by atoms with Gasteiger partial charge in [-0.05, 0) is 145 Å². The fourth-order valence-corrected chi connectivity index (χ4v) is 11.7. The fourth-order valence-electron chi connectivity index (χ4n) is 11.7. The summed E-state index contributed by atoms with van der Waals surface area (Å²) < 4.78 is 19.9. The third-order valence-corrected chi connectivity index (χ3v) is 14.5. The number of hydrogen-bond donors (Lipinski definition) is 6. The van der Waals surface area contributed by atoms with E-state index in [0.717, 1.165) is 103 Å². The summed E-state index contributed by atoms with van der Waals surface area (Å²) in [6.45, 7) is 7.32. The number of hydrogen-bond acceptors (Lipinski definition) is 8. The summed E-state index contributed by atoms with van der Waals surface area (Å²) in [5.41, 5.74) is 18.4. The Labute approximate surface area is 349 Å². The van der Waals surface area contributed by atoms with Crippen LogP contribution in [0.1, 0.15) is 112 Å². The molecule has 0 saturated heterocycles. The van der Waals surface area contributed by atoms with Crippen LogP contribution in [0.4, 0.5) is 0 Å². The molecule has 1 heterocycles. The van der Waals surface area contributed by atoms with Crippen LogP contribution in [-0.2, 0) is 19.3 Å². The second-order valence-electron chi connectivity index (χ2n) is 18.6. The number of methoxy groups -OCH3 is 1. The largest absolute Gasteiger partial charge is 0.508 e. The van der Waals surface area contributed by atoms with E-state index >= 15 is 0 Å². The highest BCUT2D eigenvalue weighted by atomic mass is 16.5. The number of ether oxygens (including phenoxy) is 3. The third kappa shape index (κ3) is 8.11. The molecule has 0 amide bonds. The molecular formula is C49H65N3O7. The molecular weight excluding hydrogens is 743 g/mol. The third-order valence-electron chi connectivity index (χ3n) is 14.5. The molecule has 8 rings (SSSR count). The average molecular weight is 808 g/mol. The van der Waals surface area contributed by atoms with E-state index in [0.29, 0.717) is 65.6 Å². The van der Waals surface area contributed by atoms with Crippen molar-refractivity contribution in [1.29, 1.82) is 0 Å². The highest BCUT2D eigenvalue weighted by molar-refractivity contribution is 5.84. The van der Waals surface area contributed by atoms with Crippen molar-refractivity contribution >= 4 is 5.96 Å². The molecule has 5 aliphatic rings. The van der Waals surface area contributed by atoms with Crippen LogP contribution < -0.4 is 25.7 Å². The minimum Gasteiger partial charge on any atom is -0.508 e. The van der Waals surface area contributed by atoms with E-state index in [1.165, 1.54) is 0 Å². The van der Waals surface area contributed by atoms with E-state index in [1.807, 2.05) is 24.3 Å². The van der Waals surface area contributed by atoms with E-state index in [-0.39, 0.29) is 42.2 Å². The Morgan fingerprint density at radius 2 is 1.80 bits per heavy atom. The number of rotatable bonds is 12. The number of nitrogens with zero attached hydrogens (tertiary/aromatic N) is 1. The number of aliphatic hydroxyl groups is 2. The monoisotopic (exact) mass is 807 g/mol. The predicted octanol–water partition coefficient (Wildman–Crippen LogP) is 8.10. The minimum absolute atomic E-state index is 0.0591. The zero-order chi connectivity index (χ0) is 41.5. The number of benzene rings is 3. The van der Waals surface area contributed by atoms with E-state index in [1.54, 1.807) is 13.2 Å². The number of guanidine groups is 1. The van der Waals surface area contributed by atoms with Crippen molar-refractivity contribution in [3.05, 3.63) is 76.4 Å². The number of aromatic hydroxyl groups is 2. The summed E-state index contributed by atoms with van der Waals surface area (Å²) in [6, 6.07) is 11.4. The molecule has 59 heavy (non-hydrogen) atoms. The van der Waals surface area contributed by atoms with Gasteiger partial charge in [0.2, 0.25) is 0 Å². The molecule has 8 N–H and O–H groups in total. The van der Waals surface area contributed by atoms with Gasteiger partial charge in [-0.2, -0.15) is 0 Å². The summed E-state index contributed by atoms with van der Waals surface area (Å²) in [7, 11) is 1.70. The van der Waals surface area contributed by atoms with Gasteiger partial charge in [-0.1, -0.05) is 51.8 Å². The normalized spacial score (nSPS) is 29.5. The van der Waals surface area contributed by atoms with Crippen LogP contribution in [0.25, 0.3) is 11.1 Å². The van der Waals surface area contributed by atoms with Gasteiger partial charge in [-0.3, -0.25) is 4.99 Å². The summed E-state index contributed by atoms with van der Waals surface area (Å²) in [4.78, 5) is 4.36. The van der Waals surface area contributed by atoms with Crippen LogP contribution in [0.2, 0.25) is 0 Å². The second-order valence-corrected chi connectivity index (χ2v) is 18.6. The molecule has 0 radical (unpaired) electrons. The van der Waals surface area contributed by atoms with Crippen LogP contribution in [0.5, 0.6) is 28.7 Å². The van der Waals surface area contributed by atoms with Crippen LogP contribution in [-0.4, -0.2) is 58.9 Å². The van der Waals surface area contributed by atoms with Gasteiger partial charge in [0.15, 0.2) is 17.5 Å². The van der Waals surface area contributed by atoms with Gasteiger partial charge in [0.05, 0.1) is 13.2 Å². The quantitative estimate of drug-likeness (QED) is 0.0601. The molecule has 0 spiro atoms. The summed E-state index contributed by atoms with van der Waals surface area (Å²) in [5.74, 6) is 4.72. The SMILES string of the molecule is CC[C@@H]1C[C@H]([C@H]2Cc3cc(O)c(CC(C)C)cc3-c3c(OC)cc4c(c32)C[C@@H](O)[C@H](c2ccc(O)c(O[C@H]3[C@H]5CCC[C@@H]3[C@H](CN=C(N)N)CC5)c2)O4)C=C[C@H]1CCO. The molecule has 2 fully saturated rings. The number of fused-ring (bicyclic) bond motifs is 7. The molecule has 10 atom stereocenters. The number of allylic oxidation sites excluding steroid dienone is 2. The lowest BCUT2D eigenvalue weighted by atomic mass is 9.64. The van der Waals surface area contributed by atoms with Crippen molar-refractivity contribution in [3.8, 4) is 39.9 Å². The Bertz CT molecular complexity index is 2060. The van der Waals surface area contributed by atoms with Crippen molar-refractivity contribution < 1.29 is 34.6 Å². The molecule has 10 heteroatoms. The van der Waals surface area contributed by atoms with Gasteiger partial charge in [0, 0.05) is 42.7 Å². The molecule has 3 aromatic carbocycles. The summed E-state index contributed by atoms with van der Waals surface area (Å²) >= 11 is 0. The second kappa shape index (κ2) is 17.3. The van der Waals surface area contributed by atoms with E-state index < -0.39 is 12.2 Å². The Hall–Kier alpha value is -4.41. The number of aliphatic imine (C=N–C) groups is 1. The van der Waals surface area contributed by atoms with Crippen molar-refractivity contribution in [1.82, 2.24) is 0 Å². The number of phenols is 2. The Balaban J connectivity index is 1.16. The molecule has 0 unspecified atom stereocenters. The zero-order valence-corrected chi connectivity index (χ0v) is 35.3. The summed E-state index contributed by atoms with van der Waals surface area (Å²) in [5, 5.41) is 44.4. The first-order valence-corrected chi connectivity index (χ1v) is 22.2. The maximum Gasteiger partial charge on any atom is 0.185 e. The Morgan fingerprint density at radius 1 is 0.966 bits per heavy atom. The zero-order valence-electron chi connectivity index (χ0n) is 35.3. The number of aliphatic hydroxyl groups excluding tert-OH is 2. The summed E-state index contributed by atoms with van der Waals surface area (Å²) in [6.07, 6.45) is 13.0. The molecule has 1 aliphatic heterocycles. The predicted molar refractivity (Wildman–Crippen MR) is 231 cm³/mol. The van der Waals surface area contributed by atoms with Gasteiger partial charge in [0.25, 0.3) is 0 Å². The first kappa shape index (κ1) is 41.3. The maximum absolute atomic E-state index is 12.1. The highest BCUT2D eigenvalue weighted by Gasteiger charge is 2.45. The molecule has 4 aliphatic carbocycles. The van der Waals surface area contributed by atoms with Crippen molar-refractivity contribution in [3.63, 3.8) is 0 Å². The van der Waals surface area contributed by atoms with Gasteiger partial charge in [-0.15, -0.1) is 0 Å². The number of nitrogens with two attached hydrogens (primary N) is 2. The smallest absolute Gasteiger partial charge is 0.185 e. The molecule has 0 aromatic heterocycles.